The largest absolute Gasteiger partial charge is 0.484 e. The molecule has 1 saturated carbocycles. The third-order valence-corrected chi connectivity index (χ3v) is 7.92. The zero-order chi connectivity index (χ0) is 28.2. The van der Waals surface area contributed by atoms with Gasteiger partial charge in [-0.1, -0.05) is 0 Å². The average molecular weight is 563 g/mol. The molecule has 4 heterocycles. The summed E-state index contributed by atoms with van der Waals surface area (Å²) in [7, 11) is -2.53. The maximum absolute atomic E-state index is 13.3. The van der Waals surface area contributed by atoms with E-state index in [0.717, 1.165) is 28.6 Å². The highest BCUT2D eigenvalue weighted by molar-refractivity contribution is 7.51. The van der Waals surface area contributed by atoms with Crippen LogP contribution in [-0.4, -0.2) is 50.8 Å². The Balaban J connectivity index is 1.41. The highest BCUT2D eigenvalue weighted by Crippen LogP contribution is 2.50. The summed E-state index contributed by atoms with van der Waals surface area (Å²) < 4.78 is 28.0. The minimum Gasteiger partial charge on any atom is -0.484 e. The number of hydrogen-bond donors (Lipinski definition) is 2. The number of anilines is 1. The summed E-state index contributed by atoms with van der Waals surface area (Å²) in [5.41, 5.74) is 2.81. The van der Waals surface area contributed by atoms with Crippen LogP contribution in [0.4, 0.5) is 5.82 Å². The number of aromatic nitrogens is 7. The minimum atomic E-state index is -4.33. The fraction of sp³-hybridized carbons (Fsp3) is 0.370. The number of rotatable bonds is 8. The molecule has 12 nitrogen and oxygen atoms in total. The molecule has 0 aliphatic heterocycles. The molecular formula is C27H31N8O4P. The lowest BCUT2D eigenvalue weighted by molar-refractivity contribution is 0.106. The van der Waals surface area contributed by atoms with E-state index in [1.165, 1.54) is 0 Å². The minimum absolute atomic E-state index is 0.430. The number of aryl methyl sites for hydroxylation is 1. The van der Waals surface area contributed by atoms with E-state index in [1.54, 1.807) is 75.5 Å². The van der Waals surface area contributed by atoms with Gasteiger partial charge in [0.05, 0.1) is 22.8 Å². The van der Waals surface area contributed by atoms with Gasteiger partial charge in [0.25, 0.3) is 0 Å². The van der Waals surface area contributed by atoms with Crippen molar-refractivity contribution in [3.8, 4) is 17.0 Å². The van der Waals surface area contributed by atoms with Crippen LogP contribution in [0, 0.1) is 0 Å². The number of nitrogens with zero attached hydrogens (tertiary/aromatic N) is 7. The number of nitrogens with one attached hydrogen (secondary N) is 1. The lowest BCUT2D eigenvalue weighted by Crippen LogP contribution is -2.19. The molecule has 4 aromatic heterocycles. The Bertz CT molecular complexity index is 1770. The first-order valence-corrected chi connectivity index (χ1v) is 14.6. The van der Waals surface area contributed by atoms with Crippen molar-refractivity contribution in [1.82, 2.24) is 34.3 Å². The van der Waals surface area contributed by atoms with Crippen LogP contribution in [0.25, 0.3) is 33.2 Å². The second kappa shape index (κ2) is 9.65. The molecule has 0 spiro atoms. The Morgan fingerprint density at radius 3 is 2.65 bits per heavy atom. The predicted molar refractivity (Wildman–Crippen MR) is 151 cm³/mol. The standard InChI is InChI=1S/C27H31N8O4P/c1-16(24-26-21(28-10-11-29-26)13-23(32-24)31-18-6-7-18)38-19-8-9-22-20(12-19)25(17-14-30-34(5)15-17)33-35(22)40(36,37)39-27(2,3)4/h8-16,18H,6-7H2,1-5H3,(H,31,32)(H,36,37)/t16-/m1/s1. The van der Waals surface area contributed by atoms with Gasteiger partial charge in [0.15, 0.2) is 0 Å². The molecule has 208 valence electrons. The van der Waals surface area contributed by atoms with Gasteiger partial charge in [0.2, 0.25) is 0 Å². The normalized spacial score (nSPS) is 16.2. The van der Waals surface area contributed by atoms with Gasteiger partial charge in [-0.05, 0) is 58.7 Å². The number of pyridine rings is 1. The van der Waals surface area contributed by atoms with Crippen LogP contribution in [0.5, 0.6) is 5.75 Å². The lowest BCUT2D eigenvalue weighted by Gasteiger charge is -2.23. The van der Waals surface area contributed by atoms with Crippen LogP contribution in [0.3, 0.4) is 0 Å². The summed E-state index contributed by atoms with van der Waals surface area (Å²) in [4.78, 5) is 24.7. The van der Waals surface area contributed by atoms with Gasteiger partial charge in [-0.15, -0.1) is 0 Å². The Morgan fingerprint density at radius 1 is 1.18 bits per heavy atom. The van der Waals surface area contributed by atoms with E-state index >= 15 is 0 Å². The highest BCUT2D eigenvalue weighted by atomic mass is 31.2. The Hall–Kier alpha value is -3.86. The molecule has 2 N–H and O–H groups in total. The molecule has 1 unspecified atom stereocenters. The molecule has 5 aromatic rings. The van der Waals surface area contributed by atoms with E-state index in [4.69, 9.17) is 14.2 Å². The molecule has 0 radical (unpaired) electrons. The first kappa shape index (κ1) is 26.4. The molecule has 1 aromatic carbocycles. The molecule has 0 bridgehead atoms. The molecule has 1 aliphatic carbocycles. The predicted octanol–water partition coefficient (Wildman–Crippen LogP) is 5.25. The van der Waals surface area contributed by atoms with E-state index in [-0.39, 0.29) is 0 Å². The van der Waals surface area contributed by atoms with Crippen molar-refractivity contribution in [3.05, 3.63) is 54.7 Å². The van der Waals surface area contributed by atoms with Gasteiger partial charge in [-0.2, -0.15) is 14.6 Å². The lowest BCUT2D eigenvalue weighted by atomic mass is 10.1. The van der Waals surface area contributed by atoms with Crippen molar-refractivity contribution in [3.63, 3.8) is 0 Å². The van der Waals surface area contributed by atoms with Crippen LogP contribution < -0.4 is 10.1 Å². The first-order valence-electron chi connectivity index (χ1n) is 13.1. The molecular weight excluding hydrogens is 531 g/mol. The molecule has 0 amide bonds. The van der Waals surface area contributed by atoms with Gasteiger partial charge in [0, 0.05) is 48.7 Å². The molecule has 6 rings (SSSR count). The van der Waals surface area contributed by atoms with Crippen LogP contribution in [0.2, 0.25) is 0 Å². The Morgan fingerprint density at radius 2 is 1.95 bits per heavy atom. The summed E-state index contributed by atoms with van der Waals surface area (Å²) in [6, 6.07) is 7.58. The van der Waals surface area contributed by atoms with Crippen LogP contribution in [0.1, 0.15) is 52.3 Å². The Kier molecular flexibility index (Phi) is 6.36. The van der Waals surface area contributed by atoms with Crippen molar-refractivity contribution >= 4 is 35.5 Å². The van der Waals surface area contributed by atoms with Crippen molar-refractivity contribution < 1.29 is 18.7 Å². The van der Waals surface area contributed by atoms with Crippen molar-refractivity contribution in [2.75, 3.05) is 5.32 Å². The van der Waals surface area contributed by atoms with E-state index in [9.17, 15) is 9.46 Å². The topological polar surface area (TPSA) is 142 Å². The summed E-state index contributed by atoms with van der Waals surface area (Å²) in [5.74, 6) is 1.28. The molecule has 2 atom stereocenters. The number of benzene rings is 1. The van der Waals surface area contributed by atoms with Crippen LogP contribution in [-0.2, 0) is 16.1 Å². The smallest absolute Gasteiger partial charge is 0.453 e. The van der Waals surface area contributed by atoms with Crippen molar-refractivity contribution in [2.45, 2.75) is 58.3 Å². The monoisotopic (exact) mass is 562 g/mol. The zero-order valence-electron chi connectivity index (χ0n) is 22.9. The van der Waals surface area contributed by atoms with Gasteiger partial charge in [-0.25, -0.2) is 9.55 Å². The molecule has 0 saturated heterocycles. The number of ether oxygens (including phenoxy) is 1. The summed E-state index contributed by atoms with van der Waals surface area (Å²) >= 11 is 0. The van der Waals surface area contributed by atoms with Gasteiger partial charge < -0.3 is 14.9 Å². The van der Waals surface area contributed by atoms with Crippen LogP contribution >= 0.6 is 7.75 Å². The van der Waals surface area contributed by atoms with Gasteiger partial charge in [-0.3, -0.25) is 19.2 Å². The second-order valence-electron chi connectivity index (χ2n) is 11.0. The zero-order valence-corrected chi connectivity index (χ0v) is 23.8. The van der Waals surface area contributed by atoms with E-state index < -0.39 is 19.5 Å². The van der Waals surface area contributed by atoms with Gasteiger partial charge >= 0.3 is 7.75 Å². The molecule has 1 aliphatic rings. The summed E-state index contributed by atoms with van der Waals surface area (Å²) in [6.45, 7) is 7.06. The fourth-order valence-electron chi connectivity index (χ4n) is 4.55. The van der Waals surface area contributed by atoms with E-state index in [2.05, 4.69) is 25.5 Å². The molecule has 40 heavy (non-hydrogen) atoms. The Labute approximate surface area is 231 Å². The highest BCUT2D eigenvalue weighted by Gasteiger charge is 2.33. The first-order chi connectivity index (χ1) is 19.0. The maximum Gasteiger partial charge on any atom is 0.453 e. The average Bonchev–Trinajstić information content (AvgIpc) is 3.45. The number of hydrogen-bond acceptors (Lipinski definition) is 9. The maximum atomic E-state index is 13.3. The van der Waals surface area contributed by atoms with Crippen molar-refractivity contribution in [2.24, 2.45) is 7.05 Å². The fourth-order valence-corrected chi connectivity index (χ4v) is 5.99. The van der Waals surface area contributed by atoms with Crippen molar-refractivity contribution in [1.29, 1.82) is 0 Å². The number of fused-ring (bicyclic) bond motifs is 2. The van der Waals surface area contributed by atoms with Crippen LogP contribution in [0.15, 0.2) is 49.1 Å². The quantitative estimate of drug-likeness (QED) is 0.241. The molecule has 13 heteroatoms. The summed E-state index contributed by atoms with van der Waals surface area (Å²) in [5, 5.41) is 12.8. The second-order valence-corrected chi connectivity index (χ2v) is 12.6. The summed E-state index contributed by atoms with van der Waals surface area (Å²) in [6.07, 6.45) is 8.52. The van der Waals surface area contributed by atoms with E-state index in [0.29, 0.717) is 45.2 Å². The third-order valence-electron chi connectivity index (χ3n) is 6.35. The molecule has 1 fully saturated rings. The van der Waals surface area contributed by atoms with Gasteiger partial charge in [0.1, 0.15) is 34.6 Å². The SMILES string of the molecule is C[C@@H](Oc1ccc2c(c1)c(-c1cnn(C)c1)nn2P(=O)(O)OC(C)(C)C)c1nc(NC2CC2)cc2nccnc12. The third kappa shape index (κ3) is 5.30. The van der Waals surface area contributed by atoms with E-state index in [1.807, 2.05) is 13.0 Å².